The highest BCUT2D eigenvalue weighted by Gasteiger charge is 2.65. The monoisotopic (exact) mass is 745 g/mol. The molecule has 53 heavy (non-hydrogen) atoms. The molecule has 0 bridgehead atoms. The number of fused-ring (bicyclic) bond motifs is 3. The number of aromatic nitrogens is 1. The van der Waals surface area contributed by atoms with E-state index < -0.39 is 27.8 Å². The number of nitrogens with zero attached hydrogens (tertiary/aromatic N) is 3. The predicted molar refractivity (Wildman–Crippen MR) is 204 cm³/mol. The number of hydrogen-bond donors (Lipinski definition) is 2. The van der Waals surface area contributed by atoms with Crippen LogP contribution >= 0.6 is 0 Å². The number of oxime groups is 1. The first-order valence-electron chi connectivity index (χ1n) is 18.4. The second-order valence-electron chi connectivity index (χ2n) is 13.9. The van der Waals surface area contributed by atoms with Gasteiger partial charge in [0.05, 0.1) is 29.8 Å². The molecule has 1 saturated carbocycles. The number of para-hydroxylation sites is 1. The molecule has 2 aliphatic carbocycles. The largest absolute Gasteiger partial charge is 0.490 e. The lowest BCUT2D eigenvalue weighted by Gasteiger charge is -2.59. The Morgan fingerprint density at radius 1 is 1.04 bits per heavy atom. The Labute approximate surface area is 312 Å². The number of aliphatic hydroxyl groups excluding tert-OH is 2. The SMILES string of the molecule is C=CCOc1ccc2c(c1)[C@H]1[C@H](CCCCO)[C@@H](CCCCO)C=C3C(=NOC)C[C@H](N(C)S(=O)(=O)c4cccc5cccnc45)[C@@](OCC=C)(O2)[C@H]31. The summed E-state index contributed by atoms with van der Waals surface area (Å²) in [6.45, 7) is 8.38. The van der Waals surface area contributed by atoms with Crippen molar-refractivity contribution in [2.24, 2.45) is 22.9 Å². The summed E-state index contributed by atoms with van der Waals surface area (Å²) in [5.74, 6) is -0.890. The van der Waals surface area contributed by atoms with Gasteiger partial charge >= 0.3 is 0 Å². The lowest BCUT2D eigenvalue weighted by molar-refractivity contribution is -0.250. The molecule has 0 saturated heterocycles. The van der Waals surface area contributed by atoms with Crippen molar-refractivity contribution in [3.8, 4) is 11.5 Å². The van der Waals surface area contributed by atoms with Gasteiger partial charge in [0, 0.05) is 49.7 Å². The van der Waals surface area contributed by atoms with Gasteiger partial charge in [-0.25, -0.2) is 8.42 Å². The molecule has 0 amide bonds. The molecular weight excluding hydrogens is 695 g/mol. The van der Waals surface area contributed by atoms with Crippen molar-refractivity contribution in [1.29, 1.82) is 0 Å². The van der Waals surface area contributed by atoms with Crippen LogP contribution < -0.4 is 9.47 Å². The standard InChI is InChI=1S/C41H51N3O8S/c1-5-23-50-30-18-19-35-33(26-30)38-31(16-8-10-22-46)29(13-7-9-21-45)25-32-34(43-49-4)27-37(41(52-35,39(32)38)51-24-6-2)44(3)53(47,48)36-17-11-14-28-15-12-20-42-40(28)36/h5-6,11-12,14-15,17-20,25-26,29,31,37-39,45-46H,1-2,7-10,13,16,21-24,27H2,3-4H3/t29-,31+,37-,38+,39+,41+/m0/s1. The van der Waals surface area contributed by atoms with Crippen LogP contribution in [0.4, 0.5) is 0 Å². The van der Waals surface area contributed by atoms with E-state index in [4.69, 9.17) is 19.0 Å². The average Bonchev–Trinajstić information content (AvgIpc) is 3.17. The second-order valence-corrected chi connectivity index (χ2v) is 15.9. The Hall–Kier alpha value is -4.07. The molecule has 11 nitrogen and oxygen atoms in total. The van der Waals surface area contributed by atoms with E-state index in [-0.39, 0.29) is 48.9 Å². The van der Waals surface area contributed by atoms with E-state index in [0.29, 0.717) is 47.6 Å². The molecule has 1 aliphatic heterocycles. The molecule has 0 unspecified atom stereocenters. The zero-order valence-electron chi connectivity index (χ0n) is 30.6. The van der Waals surface area contributed by atoms with Crippen molar-refractivity contribution in [2.75, 3.05) is 40.6 Å². The van der Waals surface area contributed by atoms with Crippen LogP contribution in [0.2, 0.25) is 0 Å². The van der Waals surface area contributed by atoms with Crippen LogP contribution in [-0.2, 0) is 19.6 Å². The van der Waals surface area contributed by atoms with E-state index in [1.807, 2.05) is 30.3 Å². The molecule has 0 spiro atoms. The lowest BCUT2D eigenvalue weighted by Crippen LogP contribution is -2.69. The summed E-state index contributed by atoms with van der Waals surface area (Å²) < 4.78 is 51.2. The first kappa shape index (κ1) is 38.6. The third-order valence-corrected chi connectivity index (χ3v) is 12.8. The van der Waals surface area contributed by atoms with Crippen LogP contribution in [0.15, 0.2) is 102 Å². The molecular formula is C41H51N3O8S. The Morgan fingerprint density at radius 2 is 1.79 bits per heavy atom. The summed E-state index contributed by atoms with van der Waals surface area (Å²) in [6.07, 6.45) is 11.9. The minimum atomic E-state index is -4.20. The molecule has 2 N–H and O–H groups in total. The number of sulfonamides is 1. The molecule has 12 heteroatoms. The molecule has 6 rings (SSSR count). The van der Waals surface area contributed by atoms with Crippen molar-refractivity contribution >= 4 is 26.6 Å². The van der Waals surface area contributed by atoms with Crippen molar-refractivity contribution in [3.05, 3.63) is 97.3 Å². The molecule has 3 aliphatic rings. The van der Waals surface area contributed by atoms with Crippen LogP contribution in [0, 0.1) is 17.8 Å². The van der Waals surface area contributed by atoms with Gasteiger partial charge in [-0.15, -0.1) is 6.58 Å². The van der Waals surface area contributed by atoms with Crippen LogP contribution in [0.1, 0.15) is 56.4 Å². The minimum Gasteiger partial charge on any atom is -0.490 e. The lowest BCUT2D eigenvalue weighted by atomic mass is 9.55. The van der Waals surface area contributed by atoms with Gasteiger partial charge in [-0.2, -0.15) is 4.31 Å². The molecule has 284 valence electrons. The number of likely N-dealkylation sites (N-methyl/N-ethyl adjacent to an activating group) is 1. The smallest absolute Gasteiger partial charge is 0.245 e. The highest BCUT2D eigenvalue weighted by Crippen LogP contribution is 2.62. The van der Waals surface area contributed by atoms with E-state index in [2.05, 4.69) is 29.4 Å². The summed E-state index contributed by atoms with van der Waals surface area (Å²) in [4.78, 5) is 10.0. The number of pyridine rings is 1. The molecule has 1 aromatic heterocycles. The van der Waals surface area contributed by atoms with E-state index >= 15 is 0 Å². The zero-order chi connectivity index (χ0) is 37.6. The molecule has 1 fully saturated rings. The zero-order valence-corrected chi connectivity index (χ0v) is 31.4. The van der Waals surface area contributed by atoms with Crippen LogP contribution in [0.5, 0.6) is 11.5 Å². The number of ether oxygens (including phenoxy) is 3. The molecule has 2 aromatic carbocycles. The van der Waals surface area contributed by atoms with Gasteiger partial charge in [0.15, 0.2) is 0 Å². The fourth-order valence-corrected chi connectivity index (χ4v) is 10.2. The maximum atomic E-state index is 14.9. The first-order valence-corrected chi connectivity index (χ1v) is 19.9. The Balaban J connectivity index is 1.59. The Kier molecular flexibility index (Phi) is 12.4. The fourth-order valence-electron chi connectivity index (χ4n) is 8.67. The third-order valence-electron chi connectivity index (χ3n) is 10.9. The third kappa shape index (κ3) is 7.40. The summed E-state index contributed by atoms with van der Waals surface area (Å²) in [7, 11) is -1.14. The van der Waals surface area contributed by atoms with Gasteiger partial charge in [0.1, 0.15) is 30.1 Å². The molecule has 6 atom stereocenters. The molecule has 3 aromatic rings. The van der Waals surface area contributed by atoms with Crippen molar-refractivity contribution in [1.82, 2.24) is 9.29 Å². The van der Waals surface area contributed by atoms with Gasteiger partial charge in [-0.1, -0.05) is 61.0 Å². The predicted octanol–water partition coefficient (Wildman–Crippen LogP) is 6.38. The number of hydrogen-bond acceptors (Lipinski definition) is 10. The maximum Gasteiger partial charge on any atom is 0.245 e. The number of rotatable bonds is 18. The van der Waals surface area contributed by atoms with Crippen LogP contribution in [0.3, 0.4) is 0 Å². The van der Waals surface area contributed by atoms with E-state index in [9.17, 15) is 18.6 Å². The van der Waals surface area contributed by atoms with Crippen molar-refractivity contribution < 1.29 is 37.7 Å². The van der Waals surface area contributed by atoms with Gasteiger partial charge in [0.2, 0.25) is 15.8 Å². The molecule has 0 radical (unpaired) electrons. The van der Waals surface area contributed by atoms with E-state index in [1.54, 1.807) is 43.6 Å². The second kappa shape index (κ2) is 16.9. The maximum absolute atomic E-state index is 14.9. The topological polar surface area (TPSA) is 140 Å². The quantitative estimate of drug-likeness (QED) is 0.0862. The highest BCUT2D eigenvalue weighted by molar-refractivity contribution is 7.89. The van der Waals surface area contributed by atoms with Gasteiger partial charge in [0.25, 0.3) is 0 Å². The highest BCUT2D eigenvalue weighted by atomic mass is 32.2. The number of allylic oxidation sites excluding steroid dienone is 1. The Morgan fingerprint density at radius 3 is 2.53 bits per heavy atom. The average molecular weight is 746 g/mol. The van der Waals surface area contributed by atoms with Crippen molar-refractivity contribution in [3.63, 3.8) is 0 Å². The van der Waals surface area contributed by atoms with Crippen molar-refractivity contribution in [2.45, 2.75) is 67.6 Å². The van der Waals surface area contributed by atoms with Gasteiger partial charge in [-0.05, 0) is 73.4 Å². The Bertz CT molecular complexity index is 1940. The van der Waals surface area contributed by atoms with Crippen LogP contribution in [-0.4, -0.2) is 86.0 Å². The summed E-state index contributed by atoms with van der Waals surface area (Å²) >= 11 is 0. The molecule has 2 heterocycles. The summed E-state index contributed by atoms with van der Waals surface area (Å²) in [6, 6.07) is 13.6. The number of unbranched alkanes of at least 4 members (excludes halogenated alkanes) is 2. The summed E-state index contributed by atoms with van der Waals surface area (Å²) in [5.41, 5.74) is 2.82. The first-order chi connectivity index (χ1) is 25.7. The van der Waals surface area contributed by atoms with Gasteiger partial charge in [-0.3, -0.25) is 4.98 Å². The van der Waals surface area contributed by atoms with Crippen LogP contribution in [0.25, 0.3) is 10.9 Å². The van der Waals surface area contributed by atoms with Gasteiger partial charge < -0.3 is 29.3 Å². The number of benzene rings is 2. The number of aliphatic hydroxyl groups is 2. The van der Waals surface area contributed by atoms with E-state index in [1.165, 1.54) is 11.4 Å². The summed E-state index contributed by atoms with van der Waals surface area (Å²) in [5, 5.41) is 24.8. The fraction of sp³-hybridized carbons (Fsp3) is 0.463. The minimum absolute atomic E-state index is 0.0460. The normalized spacial score (nSPS) is 25.6. The van der Waals surface area contributed by atoms with E-state index in [0.717, 1.165) is 36.8 Å².